The number of alkyl halides is 1. The molecule has 0 fully saturated rings. The van der Waals surface area contributed by atoms with Crippen LogP contribution >= 0.6 is 0 Å². The first-order valence-electron chi connectivity index (χ1n) is 1.12. The molecule has 0 aromatic rings. The molecule has 0 aromatic carbocycles. The van der Waals surface area contributed by atoms with E-state index in [1.54, 1.807) is 6.92 Å². The normalized spacial score (nSPS) is 7.50. The highest BCUT2D eigenvalue weighted by atomic mass is 19.1. The number of hydrogen-bond acceptors (Lipinski definition) is 0. The second-order valence-corrected chi connectivity index (χ2v) is 0.487. The Bertz CT molecular complexity index is 5.25. The minimum absolute atomic E-state index is 0.431. The van der Waals surface area contributed by atoms with Gasteiger partial charge in [-0.2, -0.15) is 0 Å². The van der Waals surface area contributed by atoms with Crippen molar-refractivity contribution in [1.82, 2.24) is 0 Å². The van der Waals surface area contributed by atoms with Crippen LogP contribution < -0.4 is 0 Å². The van der Waals surface area contributed by atoms with Gasteiger partial charge >= 0.3 is 0 Å². The van der Waals surface area contributed by atoms with E-state index in [2.05, 4.69) is 6.42 Å². The molecule has 0 atom stereocenters. The van der Waals surface area contributed by atoms with Crippen LogP contribution in [-0.4, -0.2) is 6.67 Å². The lowest BCUT2D eigenvalue weighted by Crippen LogP contribution is -1.60. The third-order valence-corrected chi connectivity index (χ3v) is 0.134. The summed E-state index contributed by atoms with van der Waals surface area (Å²) in [5.41, 5.74) is 0. The van der Waals surface area contributed by atoms with E-state index in [0.717, 1.165) is 0 Å². The van der Waals surface area contributed by atoms with Crippen LogP contribution in [0.4, 0.5) is 4.39 Å². The molecule has 0 N–H and O–H groups in total. The Labute approximate surface area is 25.6 Å². The molecule has 0 spiro atoms. The lowest BCUT2D eigenvalue weighted by atomic mass is 10.6. The molecule has 1 heteroatoms. The fourth-order valence-corrected chi connectivity index (χ4v) is 0. The van der Waals surface area contributed by atoms with Gasteiger partial charge in [0.05, 0.1) is 6.67 Å². The van der Waals surface area contributed by atoms with Gasteiger partial charge in [-0.15, -0.1) is 0 Å². The molecule has 0 saturated heterocycles. The zero-order valence-corrected chi connectivity index (χ0v) is 2.59. The van der Waals surface area contributed by atoms with Crippen molar-refractivity contribution < 1.29 is 4.39 Å². The summed E-state index contributed by atoms with van der Waals surface area (Å²) in [5.74, 6) is 0. The highest BCUT2D eigenvalue weighted by Gasteiger charge is 1.62. The average molecular weight is 60.1 g/mol. The van der Waals surface area contributed by atoms with Crippen molar-refractivity contribution in [1.29, 1.82) is 0 Å². The maximum absolute atomic E-state index is 10.6. The van der Waals surface area contributed by atoms with Gasteiger partial charge < -0.3 is 0 Å². The Morgan fingerprint density at radius 3 is 2.25 bits per heavy atom. The third-order valence-electron chi connectivity index (χ3n) is 0.134. The molecule has 0 rings (SSSR count). The summed E-state index contributed by atoms with van der Waals surface area (Å²) in [6.45, 7) is 1.12. The van der Waals surface area contributed by atoms with Gasteiger partial charge in [-0.25, -0.2) is 0 Å². The maximum Gasteiger partial charge on any atom is 0.0960 e. The van der Waals surface area contributed by atoms with Crippen LogP contribution in [0, 0.1) is 6.42 Å². The van der Waals surface area contributed by atoms with E-state index in [9.17, 15) is 4.39 Å². The average Bonchev–Trinajstić information content (AvgIpc) is 1.37. The highest BCUT2D eigenvalue weighted by molar-refractivity contribution is 4.46. The van der Waals surface area contributed by atoms with Gasteiger partial charge in [-0.05, 0) is 0 Å². The summed E-state index contributed by atoms with van der Waals surface area (Å²) < 4.78 is 10.6. The summed E-state index contributed by atoms with van der Waals surface area (Å²) >= 11 is 0. The molecule has 0 aliphatic heterocycles. The molecule has 4 heavy (non-hydrogen) atoms. The molecule has 2 radical (unpaired) electrons. The number of rotatable bonds is 1. The number of hydrogen-bond donors (Lipinski definition) is 0. The monoisotopic (exact) mass is 60.0 g/mol. The fraction of sp³-hybridized carbons (Fsp3) is 0.667. The molecule has 0 aromatic heterocycles. The van der Waals surface area contributed by atoms with Crippen LogP contribution in [0.3, 0.4) is 0 Å². The van der Waals surface area contributed by atoms with Crippen molar-refractivity contribution in [2.45, 2.75) is 6.92 Å². The SMILES string of the molecule is C[C]CF. The van der Waals surface area contributed by atoms with Gasteiger partial charge in [-0.3, -0.25) is 4.39 Å². The summed E-state index contributed by atoms with van der Waals surface area (Å²) in [4.78, 5) is 0. The summed E-state index contributed by atoms with van der Waals surface area (Å²) in [6.07, 6.45) is 2.26. The van der Waals surface area contributed by atoms with Gasteiger partial charge in [0.25, 0.3) is 0 Å². The first kappa shape index (κ1) is 3.93. The van der Waals surface area contributed by atoms with Crippen molar-refractivity contribution in [3.8, 4) is 0 Å². The lowest BCUT2D eigenvalue weighted by molar-refractivity contribution is 0.539. The van der Waals surface area contributed by atoms with Crippen molar-refractivity contribution in [3.05, 3.63) is 6.42 Å². The highest BCUT2D eigenvalue weighted by Crippen LogP contribution is 1.67. The van der Waals surface area contributed by atoms with Gasteiger partial charge in [0.15, 0.2) is 0 Å². The van der Waals surface area contributed by atoms with Crippen LogP contribution in [0.25, 0.3) is 0 Å². The minimum Gasteiger partial charge on any atom is -0.250 e. The van der Waals surface area contributed by atoms with Gasteiger partial charge in [-0.1, -0.05) is 6.92 Å². The van der Waals surface area contributed by atoms with Crippen molar-refractivity contribution >= 4 is 0 Å². The van der Waals surface area contributed by atoms with Crippen LogP contribution in [0.2, 0.25) is 0 Å². The Hall–Kier alpha value is -0.0700. The molecule has 0 amide bonds. The second kappa shape index (κ2) is 2.93. The minimum atomic E-state index is -0.431. The Balaban J connectivity index is 1.97. The zero-order valence-electron chi connectivity index (χ0n) is 2.59. The molecule has 0 aliphatic rings. The molecular weight excluding hydrogens is 55.0 g/mol. The van der Waals surface area contributed by atoms with Gasteiger partial charge in [0, 0.05) is 6.42 Å². The first-order chi connectivity index (χ1) is 1.91. The smallest absolute Gasteiger partial charge is 0.0960 e. The molecule has 0 saturated carbocycles. The zero-order chi connectivity index (χ0) is 3.41. The van der Waals surface area contributed by atoms with E-state index < -0.39 is 6.67 Å². The molecule has 0 nitrogen and oxygen atoms in total. The largest absolute Gasteiger partial charge is 0.250 e. The van der Waals surface area contributed by atoms with E-state index in [-0.39, 0.29) is 0 Å². The van der Waals surface area contributed by atoms with Crippen LogP contribution in [0.1, 0.15) is 6.92 Å². The second-order valence-electron chi connectivity index (χ2n) is 0.487. The molecular formula is C3H5F. The Morgan fingerprint density at radius 1 is 2.00 bits per heavy atom. The van der Waals surface area contributed by atoms with Crippen molar-refractivity contribution in [2.24, 2.45) is 0 Å². The third kappa shape index (κ3) is 1.93. The lowest BCUT2D eigenvalue weighted by Gasteiger charge is -1.63. The molecule has 24 valence electrons. The van der Waals surface area contributed by atoms with Crippen molar-refractivity contribution in [2.75, 3.05) is 6.67 Å². The molecule has 0 bridgehead atoms. The molecule has 0 heterocycles. The van der Waals surface area contributed by atoms with Crippen molar-refractivity contribution in [3.63, 3.8) is 0 Å². The first-order valence-corrected chi connectivity index (χ1v) is 1.12. The van der Waals surface area contributed by atoms with E-state index in [4.69, 9.17) is 0 Å². The molecule has 0 aliphatic carbocycles. The summed E-state index contributed by atoms with van der Waals surface area (Å²) in [6, 6.07) is 0. The van der Waals surface area contributed by atoms with Crippen LogP contribution in [0.15, 0.2) is 0 Å². The predicted octanol–water partition coefficient (Wildman–Crippen LogP) is 1.06. The Kier molecular flexibility index (Phi) is 2.88. The summed E-state index contributed by atoms with van der Waals surface area (Å²) in [5, 5.41) is 0. The van der Waals surface area contributed by atoms with E-state index >= 15 is 0 Å². The fourth-order valence-electron chi connectivity index (χ4n) is 0. The Morgan fingerprint density at radius 2 is 2.25 bits per heavy atom. The maximum atomic E-state index is 10.6. The summed E-state index contributed by atoms with van der Waals surface area (Å²) in [7, 11) is 0. The number of halogens is 1. The van der Waals surface area contributed by atoms with E-state index in [1.807, 2.05) is 0 Å². The van der Waals surface area contributed by atoms with Gasteiger partial charge in [0.2, 0.25) is 0 Å². The topological polar surface area (TPSA) is 0 Å². The predicted molar refractivity (Wildman–Crippen MR) is 14.9 cm³/mol. The van der Waals surface area contributed by atoms with E-state index in [1.165, 1.54) is 0 Å². The quantitative estimate of drug-likeness (QED) is 0.424. The standard InChI is InChI=1S/C3H5F/c1-2-3-4/h3H2,1H3. The van der Waals surface area contributed by atoms with E-state index in [0.29, 0.717) is 0 Å². The van der Waals surface area contributed by atoms with Gasteiger partial charge in [0.1, 0.15) is 0 Å². The molecule has 0 unspecified atom stereocenters. The van der Waals surface area contributed by atoms with Crippen LogP contribution in [-0.2, 0) is 0 Å². The van der Waals surface area contributed by atoms with Crippen LogP contribution in [0.5, 0.6) is 0 Å².